The molecule has 0 saturated heterocycles. The predicted molar refractivity (Wildman–Crippen MR) is 93.4 cm³/mol. The maximum absolute atomic E-state index is 12.7. The number of amides is 1. The summed E-state index contributed by atoms with van der Waals surface area (Å²) in [6, 6.07) is 10.3. The molecule has 6 nitrogen and oxygen atoms in total. The molecule has 1 atom stereocenters. The van der Waals surface area contributed by atoms with E-state index in [-0.39, 0.29) is 17.4 Å². The predicted octanol–water partition coefficient (Wildman–Crippen LogP) is 1.91. The maximum Gasteiger partial charge on any atom is 0.238 e. The van der Waals surface area contributed by atoms with Crippen LogP contribution < -0.4 is 4.90 Å². The van der Waals surface area contributed by atoms with E-state index in [9.17, 15) is 13.2 Å². The van der Waals surface area contributed by atoms with Gasteiger partial charge < -0.3 is 4.90 Å². The van der Waals surface area contributed by atoms with Crippen LogP contribution in [0.15, 0.2) is 65.4 Å². The summed E-state index contributed by atoms with van der Waals surface area (Å²) in [5.74, 6) is -0.158. The largest absolute Gasteiger partial charge is 0.304 e. The number of para-hydroxylation sites is 1. The molecule has 0 unspecified atom stereocenters. The molecule has 1 aliphatic rings. The molecule has 3 rings (SSSR count). The molecule has 1 amide bonds. The van der Waals surface area contributed by atoms with Gasteiger partial charge in [-0.3, -0.25) is 4.79 Å². The molecule has 1 aromatic carbocycles. The lowest BCUT2D eigenvalue weighted by molar-refractivity contribution is -0.116. The van der Waals surface area contributed by atoms with E-state index in [4.69, 9.17) is 0 Å². The van der Waals surface area contributed by atoms with Gasteiger partial charge in [-0.2, -0.15) is 0 Å². The van der Waals surface area contributed by atoms with Crippen LogP contribution in [0.2, 0.25) is 0 Å². The van der Waals surface area contributed by atoms with Crippen LogP contribution in [0, 0.1) is 0 Å². The Hall–Kier alpha value is -2.19. The molecule has 1 aromatic heterocycles. The fraction of sp³-hybridized carbons (Fsp3) is 0.188. The third-order valence-corrected chi connectivity index (χ3v) is 5.65. The van der Waals surface area contributed by atoms with Crippen molar-refractivity contribution >= 4 is 33.2 Å². The van der Waals surface area contributed by atoms with Crippen LogP contribution in [-0.2, 0) is 14.6 Å². The zero-order valence-corrected chi connectivity index (χ0v) is 14.3. The lowest BCUT2D eigenvalue weighted by Crippen LogP contribution is -2.42. The summed E-state index contributed by atoms with van der Waals surface area (Å²) in [6.07, 6.45) is 4.78. The van der Waals surface area contributed by atoms with E-state index in [1.807, 2.05) is 18.2 Å². The number of hydrogen-bond donors (Lipinski definition) is 0. The summed E-state index contributed by atoms with van der Waals surface area (Å²) >= 11 is 1.22. The molecule has 1 aliphatic heterocycles. The first-order valence-electron chi connectivity index (χ1n) is 7.23. The SMILES string of the molecule is O=C(CSc1ncccn1)N(c1ccccc1)[C@@H]1C=CS(=O)(=O)C1. The number of anilines is 1. The Bertz CT molecular complexity index is 839. The van der Waals surface area contributed by atoms with E-state index in [1.165, 1.54) is 22.1 Å². The van der Waals surface area contributed by atoms with Crippen LogP contribution in [0.4, 0.5) is 5.69 Å². The standard InChI is InChI=1S/C16H15N3O3S2/c20-15(11-23-16-17-8-4-9-18-16)19(13-5-2-1-3-6-13)14-7-10-24(21,22)12-14/h1-10,14H,11-12H2/t14-/m1/s1. The highest BCUT2D eigenvalue weighted by molar-refractivity contribution is 7.99. The summed E-state index contributed by atoms with van der Waals surface area (Å²) < 4.78 is 23.5. The molecule has 2 aromatic rings. The Balaban J connectivity index is 1.80. The molecule has 0 fully saturated rings. The number of carbonyl (C=O) groups is 1. The minimum absolute atomic E-state index is 0.0971. The number of rotatable bonds is 5. The number of aromatic nitrogens is 2. The second kappa shape index (κ2) is 7.14. The van der Waals surface area contributed by atoms with E-state index in [0.29, 0.717) is 10.8 Å². The van der Waals surface area contributed by atoms with Crippen molar-refractivity contribution in [3.63, 3.8) is 0 Å². The van der Waals surface area contributed by atoms with E-state index in [1.54, 1.807) is 36.7 Å². The Morgan fingerprint density at radius 2 is 1.88 bits per heavy atom. The van der Waals surface area contributed by atoms with Crippen molar-refractivity contribution in [2.24, 2.45) is 0 Å². The molecule has 0 bridgehead atoms. The van der Waals surface area contributed by atoms with E-state index < -0.39 is 15.9 Å². The van der Waals surface area contributed by atoms with Crippen LogP contribution in [0.25, 0.3) is 0 Å². The summed E-state index contributed by atoms with van der Waals surface area (Å²) in [6.45, 7) is 0. The molecule has 0 radical (unpaired) electrons. The van der Waals surface area contributed by atoms with Crippen LogP contribution in [0.3, 0.4) is 0 Å². The van der Waals surface area contributed by atoms with Crippen LogP contribution in [0.1, 0.15) is 0 Å². The molecule has 24 heavy (non-hydrogen) atoms. The zero-order chi connectivity index (χ0) is 17.0. The number of nitrogens with zero attached hydrogens (tertiary/aromatic N) is 3. The second-order valence-corrected chi connectivity index (χ2v) is 8.02. The molecule has 8 heteroatoms. The fourth-order valence-corrected chi connectivity index (χ4v) is 4.32. The van der Waals surface area contributed by atoms with Gasteiger partial charge in [0.2, 0.25) is 5.91 Å². The van der Waals surface area contributed by atoms with E-state index in [2.05, 4.69) is 9.97 Å². The van der Waals surface area contributed by atoms with Gasteiger partial charge in [0.25, 0.3) is 0 Å². The Morgan fingerprint density at radius 3 is 2.50 bits per heavy atom. The van der Waals surface area contributed by atoms with E-state index >= 15 is 0 Å². The average molecular weight is 361 g/mol. The van der Waals surface area contributed by atoms with Gasteiger partial charge in [0.1, 0.15) is 0 Å². The maximum atomic E-state index is 12.7. The number of carbonyl (C=O) groups excluding carboxylic acids is 1. The zero-order valence-electron chi connectivity index (χ0n) is 12.6. The first-order valence-corrected chi connectivity index (χ1v) is 9.93. The van der Waals surface area contributed by atoms with Gasteiger partial charge >= 0.3 is 0 Å². The van der Waals surface area contributed by atoms with Crippen molar-refractivity contribution in [2.45, 2.75) is 11.2 Å². The second-order valence-electron chi connectivity index (χ2n) is 5.14. The van der Waals surface area contributed by atoms with Crippen LogP contribution in [0.5, 0.6) is 0 Å². The number of thioether (sulfide) groups is 1. The minimum atomic E-state index is -3.26. The fourth-order valence-electron chi connectivity index (χ4n) is 2.38. The normalized spacial score (nSPS) is 18.4. The van der Waals surface area contributed by atoms with Crippen molar-refractivity contribution in [1.29, 1.82) is 0 Å². The first kappa shape index (κ1) is 16.7. The third kappa shape index (κ3) is 4.01. The Kier molecular flexibility index (Phi) is 4.96. The average Bonchev–Trinajstić information content (AvgIpc) is 2.95. The summed E-state index contributed by atoms with van der Waals surface area (Å²) in [5.41, 5.74) is 0.670. The van der Waals surface area contributed by atoms with Crippen molar-refractivity contribution in [3.05, 3.63) is 60.3 Å². The Labute approximate surface area is 144 Å². The van der Waals surface area contributed by atoms with Gasteiger partial charge in [-0.25, -0.2) is 18.4 Å². The first-order chi connectivity index (χ1) is 11.6. The topological polar surface area (TPSA) is 80.2 Å². The van der Waals surface area contributed by atoms with E-state index in [0.717, 1.165) is 0 Å². The Morgan fingerprint density at radius 1 is 1.17 bits per heavy atom. The van der Waals surface area contributed by atoms with Gasteiger partial charge in [-0.1, -0.05) is 30.0 Å². The highest BCUT2D eigenvalue weighted by Crippen LogP contribution is 2.24. The number of benzene rings is 1. The highest BCUT2D eigenvalue weighted by atomic mass is 32.2. The monoisotopic (exact) mass is 361 g/mol. The molecule has 0 saturated carbocycles. The smallest absolute Gasteiger partial charge is 0.238 e. The summed E-state index contributed by atoms with van der Waals surface area (Å²) in [5, 5.41) is 1.68. The van der Waals surface area contributed by atoms with Crippen molar-refractivity contribution in [1.82, 2.24) is 9.97 Å². The van der Waals surface area contributed by atoms with Crippen LogP contribution in [-0.4, -0.2) is 41.8 Å². The molecular weight excluding hydrogens is 346 g/mol. The highest BCUT2D eigenvalue weighted by Gasteiger charge is 2.31. The summed E-state index contributed by atoms with van der Waals surface area (Å²) in [4.78, 5) is 22.4. The molecular formula is C16H15N3O3S2. The molecule has 0 aliphatic carbocycles. The van der Waals surface area contributed by atoms with Gasteiger partial charge in [0.05, 0.1) is 17.5 Å². The quantitative estimate of drug-likeness (QED) is 0.598. The van der Waals surface area contributed by atoms with Gasteiger partial charge in [0.15, 0.2) is 15.0 Å². The lowest BCUT2D eigenvalue weighted by Gasteiger charge is -2.27. The molecule has 0 spiro atoms. The van der Waals surface area contributed by atoms with Gasteiger partial charge in [-0.15, -0.1) is 0 Å². The molecule has 2 heterocycles. The molecule has 0 N–H and O–H groups in total. The van der Waals surface area contributed by atoms with Gasteiger partial charge in [-0.05, 0) is 24.3 Å². The van der Waals surface area contributed by atoms with Crippen molar-refractivity contribution < 1.29 is 13.2 Å². The lowest BCUT2D eigenvalue weighted by atomic mass is 10.2. The molecule has 124 valence electrons. The van der Waals surface area contributed by atoms with Crippen LogP contribution >= 0.6 is 11.8 Å². The van der Waals surface area contributed by atoms with Crippen molar-refractivity contribution in [3.8, 4) is 0 Å². The number of hydrogen-bond acceptors (Lipinski definition) is 6. The summed E-state index contributed by atoms with van der Waals surface area (Å²) in [7, 11) is -3.26. The minimum Gasteiger partial charge on any atom is -0.304 e. The van der Waals surface area contributed by atoms with Crippen molar-refractivity contribution in [2.75, 3.05) is 16.4 Å². The number of sulfone groups is 1. The van der Waals surface area contributed by atoms with Gasteiger partial charge in [0, 0.05) is 23.5 Å². The third-order valence-electron chi connectivity index (χ3n) is 3.41.